The van der Waals surface area contributed by atoms with Gasteiger partial charge < -0.3 is 14.2 Å². The Labute approximate surface area is 188 Å². The highest BCUT2D eigenvalue weighted by Gasteiger charge is 2.31. The van der Waals surface area contributed by atoms with Gasteiger partial charge in [0.1, 0.15) is 11.6 Å². The minimum Gasteiger partial charge on any atom is -0.481 e. The predicted octanol–water partition coefficient (Wildman–Crippen LogP) is 5.36. The molecule has 0 N–H and O–H groups in total. The van der Waals surface area contributed by atoms with Crippen LogP contribution < -0.4 is 4.74 Å². The fourth-order valence-corrected chi connectivity index (χ4v) is 3.87. The van der Waals surface area contributed by atoms with Gasteiger partial charge in [0.2, 0.25) is 11.7 Å². The Bertz CT molecular complexity index is 1090. The number of rotatable bonds is 5. The van der Waals surface area contributed by atoms with E-state index in [1.165, 1.54) is 12.1 Å². The van der Waals surface area contributed by atoms with Gasteiger partial charge in [-0.25, -0.2) is 4.39 Å². The number of benzene rings is 2. The van der Waals surface area contributed by atoms with Crippen molar-refractivity contribution in [3.05, 3.63) is 64.2 Å². The van der Waals surface area contributed by atoms with Crippen LogP contribution in [0.2, 0.25) is 10.0 Å². The molecular formula is C22H20Cl2FN3O3. The lowest BCUT2D eigenvalue weighted by atomic mass is 9.97. The number of nitrogens with zero attached hydrogens (tertiary/aromatic N) is 3. The average molecular weight is 464 g/mol. The number of ether oxygens (including phenoxy) is 1. The topological polar surface area (TPSA) is 68.5 Å². The van der Waals surface area contributed by atoms with Gasteiger partial charge in [-0.15, -0.1) is 0 Å². The van der Waals surface area contributed by atoms with Crippen molar-refractivity contribution < 1.29 is 18.4 Å². The first-order valence-electron chi connectivity index (χ1n) is 9.91. The Morgan fingerprint density at radius 3 is 2.87 bits per heavy atom. The third-order valence-electron chi connectivity index (χ3n) is 5.16. The fraction of sp³-hybridized carbons (Fsp3) is 0.318. The average Bonchev–Trinajstić information content (AvgIpc) is 3.26. The summed E-state index contributed by atoms with van der Waals surface area (Å²) in [5, 5.41) is 4.76. The van der Waals surface area contributed by atoms with E-state index >= 15 is 0 Å². The summed E-state index contributed by atoms with van der Waals surface area (Å²) in [7, 11) is 0. The number of carbonyl (C=O) groups is 1. The normalized spacial score (nSPS) is 17.4. The zero-order valence-corrected chi connectivity index (χ0v) is 18.2. The minimum absolute atomic E-state index is 0.0929. The van der Waals surface area contributed by atoms with Gasteiger partial charge in [-0.3, -0.25) is 4.79 Å². The van der Waals surface area contributed by atoms with Crippen molar-refractivity contribution in [1.29, 1.82) is 0 Å². The standard InChI is InChI=1S/C22H20Cl2FN3O3/c1-13(30-17-7-8-18(23)19(24)11-17)22(29)28-9-3-5-15(12-28)21-26-20(27-31-21)14-4-2-6-16(25)10-14/h2,4,6-8,10-11,13,15H,3,5,9,12H2,1H3. The summed E-state index contributed by atoms with van der Waals surface area (Å²) in [6, 6.07) is 10.9. The van der Waals surface area contributed by atoms with E-state index in [2.05, 4.69) is 10.1 Å². The van der Waals surface area contributed by atoms with E-state index in [0.717, 1.165) is 12.8 Å². The van der Waals surface area contributed by atoms with Gasteiger partial charge in [-0.1, -0.05) is 40.5 Å². The summed E-state index contributed by atoms with van der Waals surface area (Å²) in [4.78, 5) is 19.1. The molecule has 31 heavy (non-hydrogen) atoms. The molecule has 2 atom stereocenters. The van der Waals surface area contributed by atoms with Gasteiger partial charge in [0, 0.05) is 24.7 Å². The number of hydrogen-bond donors (Lipinski definition) is 0. The van der Waals surface area contributed by atoms with Crippen LogP contribution in [-0.2, 0) is 4.79 Å². The summed E-state index contributed by atoms with van der Waals surface area (Å²) in [5.41, 5.74) is 0.544. The number of halogens is 3. The molecule has 9 heteroatoms. The minimum atomic E-state index is -0.693. The number of likely N-dealkylation sites (tertiary alicyclic amines) is 1. The molecule has 1 aliphatic rings. The van der Waals surface area contributed by atoms with E-state index in [4.69, 9.17) is 32.5 Å². The molecule has 1 aromatic heterocycles. The molecular weight excluding hydrogens is 444 g/mol. The molecule has 2 heterocycles. The SMILES string of the molecule is CC(Oc1ccc(Cl)c(Cl)c1)C(=O)N1CCCC(c2nc(-c3cccc(F)c3)no2)C1. The van der Waals surface area contributed by atoms with Crippen LogP contribution in [0.25, 0.3) is 11.4 Å². The highest BCUT2D eigenvalue weighted by Crippen LogP contribution is 2.30. The molecule has 6 nitrogen and oxygen atoms in total. The first kappa shape index (κ1) is 21.6. The van der Waals surface area contributed by atoms with Crippen LogP contribution in [0.1, 0.15) is 31.6 Å². The van der Waals surface area contributed by atoms with Crippen LogP contribution in [0.3, 0.4) is 0 Å². The highest BCUT2D eigenvalue weighted by molar-refractivity contribution is 6.42. The van der Waals surface area contributed by atoms with E-state index in [0.29, 0.717) is 46.2 Å². The van der Waals surface area contributed by atoms with Gasteiger partial charge in [-0.05, 0) is 44.0 Å². The molecule has 0 saturated carbocycles. The monoisotopic (exact) mass is 463 g/mol. The third-order valence-corrected chi connectivity index (χ3v) is 5.90. The lowest BCUT2D eigenvalue weighted by Crippen LogP contribution is -2.45. The molecule has 0 spiro atoms. The number of carbonyl (C=O) groups excluding carboxylic acids is 1. The number of piperidine rings is 1. The molecule has 0 radical (unpaired) electrons. The van der Waals surface area contributed by atoms with Gasteiger partial charge in [-0.2, -0.15) is 4.98 Å². The first-order valence-corrected chi connectivity index (χ1v) is 10.7. The van der Waals surface area contributed by atoms with Gasteiger partial charge in [0.25, 0.3) is 5.91 Å². The van der Waals surface area contributed by atoms with Crippen LogP contribution in [0, 0.1) is 5.82 Å². The van der Waals surface area contributed by atoms with Crippen molar-refractivity contribution in [3.63, 3.8) is 0 Å². The Kier molecular flexibility index (Phi) is 6.43. The highest BCUT2D eigenvalue weighted by atomic mass is 35.5. The quantitative estimate of drug-likeness (QED) is 0.509. The van der Waals surface area contributed by atoms with Crippen molar-refractivity contribution in [2.75, 3.05) is 13.1 Å². The number of hydrogen-bond acceptors (Lipinski definition) is 5. The largest absolute Gasteiger partial charge is 0.481 e. The summed E-state index contributed by atoms with van der Waals surface area (Å²) < 4.78 is 24.7. The molecule has 1 fully saturated rings. The van der Waals surface area contributed by atoms with Crippen molar-refractivity contribution in [3.8, 4) is 17.1 Å². The Balaban J connectivity index is 1.42. The maximum Gasteiger partial charge on any atom is 0.263 e. The van der Waals surface area contributed by atoms with E-state index in [9.17, 15) is 9.18 Å². The molecule has 0 bridgehead atoms. The van der Waals surface area contributed by atoms with Crippen LogP contribution in [0.5, 0.6) is 5.75 Å². The molecule has 2 aromatic carbocycles. The summed E-state index contributed by atoms with van der Waals surface area (Å²) >= 11 is 11.9. The molecule has 2 unspecified atom stereocenters. The van der Waals surface area contributed by atoms with Crippen LogP contribution in [0.15, 0.2) is 47.0 Å². The summed E-state index contributed by atoms with van der Waals surface area (Å²) in [6.07, 6.45) is 0.922. The smallest absolute Gasteiger partial charge is 0.263 e. The van der Waals surface area contributed by atoms with E-state index in [1.54, 1.807) is 42.2 Å². The molecule has 1 saturated heterocycles. The van der Waals surface area contributed by atoms with Gasteiger partial charge in [0.15, 0.2) is 6.10 Å². The van der Waals surface area contributed by atoms with E-state index in [-0.39, 0.29) is 17.6 Å². The maximum atomic E-state index is 13.5. The second-order valence-corrected chi connectivity index (χ2v) is 8.24. The first-order chi connectivity index (χ1) is 14.9. The molecule has 1 amide bonds. The van der Waals surface area contributed by atoms with Gasteiger partial charge in [0.05, 0.1) is 16.0 Å². The van der Waals surface area contributed by atoms with E-state index in [1.807, 2.05) is 0 Å². The van der Waals surface area contributed by atoms with Gasteiger partial charge >= 0.3 is 0 Å². The molecule has 162 valence electrons. The Morgan fingerprint density at radius 2 is 2.10 bits per heavy atom. The zero-order valence-electron chi connectivity index (χ0n) is 16.7. The summed E-state index contributed by atoms with van der Waals surface area (Å²) in [5.74, 6) is 0.643. The van der Waals surface area contributed by atoms with Crippen molar-refractivity contribution in [1.82, 2.24) is 15.0 Å². The second kappa shape index (κ2) is 9.24. The number of amides is 1. The number of aromatic nitrogens is 2. The van der Waals surface area contributed by atoms with Crippen molar-refractivity contribution >= 4 is 29.1 Å². The van der Waals surface area contributed by atoms with Crippen molar-refractivity contribution in [2.45, 2.75) is 31.8 Å². The lowest BCUT2D eigenvalue weighted by Gasteiger charge is -2.32. The molecule has 4 rings (SSSR count). The maximum absolute atomic E-state index is 13.5. The van der Waals surface area contributed by atoms with Crippen LogP contribution in [-0.4, -0.2) is 40.1 Å². The summed E-state index contributed by atoms with van der Waals surface area (Å²) in [6.45, 7) is 2.76. The molecule has 1 aliphatic heterocycles. The fourth-order valence-electron chi connectivity index (χ4n) is 3.59. The molecule has 3 aromatic rings. The Morgan fingerprint density at radius 1 is 1.26 bits per heavy atom. The molecule has 0 aliphatic carbocycles. The van der Waals surface area contributed by atoms with Crippen LogP contribution >= 0.6 is 23.2 Å². The third kappa shape index (κ3) is 4.99. The Hall–Kier alpha value is -2.64. The van der Waals surface area contributed by atoms with Crippen molar-refractivity contribution in [2.24, 2.45) is 0 Å². The van der Waals surface area contributed by atoms with Crippen LogP contribution in [0.4, 0.5) is 4.39 Å². The second-order valence-electron chi connectivity index (χ2n) is 7.43. The predicted molar refractivity (Wildman–Crippen MR) is 115 cm³/mol. The lowest BCUT2D eigenvalue weighted by molar-refractivity contribution is -0.139. The zero-order chi connectivity index (χ0) is 22.0. The van der Waals surface area contributed by atoms with E-state index < -0.39 is 6.10 Å².